The van der Waals surface area contributed by atoms with Crippen molar-refractivity contribution in [3.63, 3.8) is 0 Å². The summed E-state index contributed by atoms with van der Waals surface area (Å²) in [7, 11) is 0. The zero-order valence-electron chi connectivity index (χ0n) is 10.2. The smallest absolute Gasteiger partial charge is 0.213 e. The lowest BCUT2D eigenvalue weighted by Crippen LogP contribution is -2.06. The van der Waals surface area contributed by atoms with E-state index in [1.54, 1.807) is 0 Å². The van der Waals surface area contributed by atoms with Gasteiger partial charge in [0.1, 0.15) is 0 Å². The molecule has 0 fully saturated rings. The quantitative estimate of drug-likeness (QED) is 0.734. The van der Waals surface area contributed by atoms with Crippen LogP contribution in [0.4, 0.5) is 0 Å². The number of aryl methyl sites for hydroxylation is 1. The maximum Gasteiger partial charge on any atom is 0.213 e. The number of hydrogen-bond acceptors (Lipinski definition) is 2. The number of nitrogens with one attached hydrogen (secondary N) is 1. The molecule has 0 amide bonds. The first kappa shape index (κ1) is 10.2. The number of para-hydroxylation sites is 2. The largest absolute Gasteiger partial charge is 0.475 e. The third-order valence-corrected chi connectivity index (χ3v) is 2.80. The first-order valence-electron chi connectivity index (χ1n) is 5.79. The molecule has 4 heteroatoms. The van der Waals surface area contributed by atoms with Crippen LogP contribution in [0.15, 0.2) is 24.3 Å². The highest BCUT2D eigenvalue weighted by molar-refractivity contribution is 5.81. The number of fused-ring (bicyclic) bond motifs is 3. The molecule has 4 nitrogen and oxygen atoms in total. The average molecular weight is 229 g/mol. The fourth-order valence-electron chi connectivity index (χ4n) is 2.03. The van der Waals surface area contributed by atoms with Gasteiger partial charge >= 0.3 is 0 Å². The Labute approximate surface area is 99.2 Å². The maximum atomic E-state index is 5.72. The van der Waals surface area contributed by atoms with Crippen molar-refractivity contribution in [2.24, 2.45) is 0 Å². The van der Waals surface area contributed by atoms with Crippen molar-refractivity contribution >= 4 is 16.7 Å². The zero-order valence-corrected chi connectivity index (χ0v) is 10.2. The Morgan fingerprint density at radius 2 is 2.06 bits per heavy atom. The monoisotopic (exact) mass is 229 g/mol. The van der Waals surface area contributed by atoms with Crippen LogP contribution in [0.3, 0.4) is 0 Å². The summed E-state index contributed by atoms with van der Waals surface area (Å²) >= 11 is 0. The summed E-state index contributed by atoms with van der Waals surface area (Å²) in [5.41, 5.74) is 4.05. The summed E-state index contributed by atoms with van der Waals surface area (Å²) in [6.07, 6.45) is 0.156. The molecule has 3 aromatic rings. The third kappa shape index (κ3) is 1.48. The number of aromatic nitrogens is 3. The predicted molar refractivity (Wildman–Crippen MR) is 67.5 cm³/mol. The van der Waals surface area contributed by atoms with Crippen molar-refractivity contribution in [1.82, 2.24) is 14.6 Å². The lowest BCUT2D eigenvalue weighted by atomic mass is 10.3. The number of imidazole rings is 1. The van der Waals surface area contributed by atoms with Crippen molar-refractivity contribution in [2.45, 2.75) is 26.9 Å². The Morgan fingerprint density at radius 1 is 1.29 bits per heavy atom. The Morgan fingerprint density at radius 3 is 2.82 bits per heavy atom. The number of nitrogens with zero attached hydrogens (tertiary/aromatic N) is 2. The molecule has 2 aromatic heterocycles. The summed E-state index contributed by atoms with van der Waals surface area (Å²) in [5, 5.41) is 3.25. The fourth-order valence-corrected chi connectivity index (χ4v) is 2.03. The van der Waals surface area contributed by atoms with E-state index in [1.165, 1.54) is 0 Å². The van der Waals surface area contributed by atoms with Gasteiger partial charge in [-0.05, 0) is 32.9 Å². The van der Waals surface area contributed by atoms with E-state index in [0.29, 0.717) is 0 Å². The minimum atomic E-state index is 0.156. The number of aromatic amines is 1. The molecule has 88 valence electrons. The highest BCUT2D eigenvalue weighted by Crippen LogP contribution is 2.25. The molecule has 0 unspecified atom stereocenters. The normalized spacial score (nSPS) is 11.8. The highest BCUT2D eigenvalue weighted by atomic mass is 16.5. The van der Waals surface area contributed by atoms with Gasteiger partial charge in [-0.2, -0.15) is 0 Å². The summed E-state index contributed by atoms with van der Waals surface area (Å²) in [6.45, 7) is 6.05. The molecule has 0 saturated heterocycles. The van der Waals surface area contributed by atoms with Gasteiger partial charge in [0.15, 0.2) is 5.65 Å². The van der Waals surface area contributed by atoms with Crippen molar-refractivity contribution in [2.75, 3.05) is 0 Å². The second-order valence-electron chi connectivity index (χ2n) is 4.49. The molecule has 17 heavy (non-hydrogen) atoms. The number of rotatable bonds is 2. The van der Waals surface area contributed by atoms with Crippen molar-refractivity contribution in [3.8, 4) is 5.88 Å². The van der Waals surface area contributed by atoms with Gasteiger partial charge in [0.05, 0.1) is 22.7 Å². The Hall–Kier alpha value is -1.97. The van der Waals surface area contributed by atoms with E-state index in [9.17, 15) is 0 Å². The van der Waals surface area contributed by atoms with Gasteiger partial charge in [-0.1, -0.05) is 12.1 Å². The lowest BCUT2D eigenvalue weighted by molar-refractivity contribution is 0.230. The van der Waals surface area contributed by atoms with Crippen LogP contribution in [0.5, 0.6) is 5.88 Å². The molecule has 1 aromatic carbocycles. The van der Waals surface area contributed by atoms with E-state index in [0.717, 1.165) is 28.1 Å². The van der Waals surface area contributed by atoms with Gasteiger partial charge < -0.3 is 4.74 Å². The maximum absolute atomic E-state index is 5.72. The van der Waals surface area contributed by atoms with Gasteiger partial charge in [-0.25, -0.2) is 9.50 Å². The van der Waals surface area contributed by atoms with Crippen LogP contribution in [0, 0.1) is 6.92 Å². The first-order chi connectivity index (χ1) is 8.16. The number of ether oxygens (including phenoxy) is 1. The van der Waals surface area contributed by atoms with Crippen LogP contribution in [0.25, 0.3) is 16.7 Å². The van der Waals surface area contributed by atoms with Gasteiger partial charge in [0.25, 0.3) is 0 Å². The third-order valence-electron chi connectivity index (χ3n) is 2.80. The molecule has 1 N–H and O–H groups in total. The minimum absolute atomic E-state index is 0.156. The fraction of sp³-hybridized carbons (Fsp3) is 0.308. The van der Waals surface area contributed by atoms with Crippen LogP contribution in [-0.2, 0) is 0 Å². The van der Waals surface area contributed by atoms with Gasteiger partial charge in [-0.3, -0.25) is 5.10 Å². The molecule has 0 spiro atoms. The molecule has 0 atom stereocenters. The molecule has 3 rings (SSSR count). The molecule has 0 radical (unpaired) electrons. The highest BCUT2D eigenvalue weighted by Gasteiger charge is 2.14. The molecule has 0 aliphatic heterocycles. The molecular weight excluding hydrogens is 214 g/mol. The first-order valence-corrected chi connectivity index (χ1v) is 5.79. The topological polar surface area (TPSA) is 42.3 Å². The molecule has 0 aliphatic rings. The zero-order chi connectivity index (χ0) is 12.0. The van der Waals surface area contributed by atoms with Gasteiger partial charge in [0.2, 0.25) is 5.88 Å². The SMILES string of the molecule is Cc1c(OC(C)C)[nH]n2c1nc1ccccc12. The van der Waals surface area contributed by atoms with Gasteiger partial charge in [0, 0.05) is 0 Å². The molecule has 0 bridgehead atoms. The van der Waals surface area contributed by atoms with E-state index in [-0.39, 0.29) is 6.10 Å². The van der Waals surface area contributed by atoms with Crippen LogP contribution in [-0.4, -0.2) is 20.7 Å². The Kier molecular flexibility index (Phi) is 2.11. The summed E-state index contributed by atoms with van der Waals surface area (Å²) in [4.78, 5) is 4.59. The number of hydrogen-bond donors (Lipinski definition) is 1. The second kappa shape index (κ2) is 3.52. The molecule has 0 saturated carbocycles. The van der Waals surface area contributed by atoms with Crippen molar-refractivity contribution in [1.29, 1.82) is 0 Å². The van der Waals surface area contributed by atoms with E-state index in [1.807, 2.05) is 49.6 Å². The lowest BCUT2D eigenvalue weighted by Gasteiger charge is -2.07. The van der Waals surface area contributed by atoms with Gasteiger partial charge in [-0.15, -0.1) is 0 Å². The second-order valence-corrected chi connectivity index (χ2v) is 4.49. The predicted octanol–water partition coefficient (Wildman–Crippen LogP) is 2.91. The average Bonchev–Trinajstić information content (AvgIpc) is 2.78. The van der Waals surface area contributed by atoms with Crippen LogP contribution in [0.2, 0.25) is 0 Å². The van der Waals surface area contributed by atoms with E-state index in [4.69, 9.17) is 4.74 Å². The molecule has 0 aliphatic carbocycles. The van der Waals surface area contributed by atoms with Crippen LogP contribution < -0.4 is 4.74 Å². The number of benzene rings is 1. The van der Waals surface area contributed by atoms with E-state index < -0.39 is 0 Å². The minimum Gasteiger partial charge on any atom is -0.475 e. The van der Waals surface area contributed by atoms with Crippen molar-refractivity contribution in [3.05, 3.63) is 29.8 Å². The van der Waals surface area contributed by atoms with Crippen LogP contribution in [0.1, 0.15) is 19.4 Å². The molecular formula is C13H15N3O. The van der Waals surface area contributed by atoms with Crippen molar-refractivity contribution < 1.29 is 4.74 Å². The summed E-state index contributed by atoms with van der Waals surface area (Å²) < 4.78 is 7.70. The van der Waals surface area contributed by atoms with Crippen LogP contribution >= 0.6 is 0 Å². The molecule has 2 heterocycles. The summed E-state index contributed by atoms with van der Waals surface area (Å²) in [6, 6.07) is 8.06. The van der Waals surface area contributed by atoms with E-state index >= 15 is 0 Å². The Bertz CT molecular complexity index is 678. The Balaban J connectivity index is 2.27. The summed E-state index contributed by atoms with van der Waals surface area (Å²) in [5.74, 6) is 0.799. The number of H-pyrrole nitrogens is 1. The van der Waals surface area contributed by atoms with E-state index in [2.05, 4.69) is 10.1 Å². The standard InChI is InChI=1S/C13H15N3O/c1-8(2)17-13-9(3)12-14-10-6-4-5-7-11(10)16(12)15-13/h4-8,15H,1-3H3.